The van der Waals surface area contributed by atoms with Gasteiger partial charge in [0.05, 0.1) is 5.56 Å². The largest absolute Gasteiger partial charge is 0.416 e. The molecule has 1 aromatic rings. The molecule has 0 spiro atoms. The van der Waals surface area contributed by atoms with E-state index in [-0.39, 0.29) is 12.6 Å². The van der Waals surface area contributed by atoms with Crippen molar-refractivity contribution in [2.45, 2.75) is 30.0 Å². The number of hydrogen-bond donors (Lipinski definition) is 1. The zero-order valence-corrected chi connectivity index (χ0v) is 12.6. The Bertz CT molecular complexity index is 646. The molecule has 1 aliphatic rings. The first-order valence-electron chi connectivity index (χ1n) is 6.71. The summed E-state index contributed by atoms with van der Waals surface area (Å²) >= 11 is 0. The molecule has 1 aromatic carbocycles. The van der Waals surface area contributed by atoms with Crippen LogP contribution in [0.1, 0.15) is 18.4 Å². The molecule has 1 saturated heterocycles. The molecule has 0 unspecified atom stereocenters. The van der Waals surface area contributed by atoms with Crippen LogP contribution < -0.4 is 5.32 Å². The minimum atomic E-state index is -4.73. The molecule has 1 heterocycles. The smallest absolute Gasteiger partial charge is 0.318 e. The highest BCUT2D eigenvalue weighted by atomic mass is 32.2. The van der Waals surface area contributed by atoms with Crippen molar-refractivity contribution in [2.24, 2.45) is 0 Å². The molecule has 22 heavy (non-hydrogen) atoms. The molecule has 0 aromatic heterocycles. The number of rotatable bonds is 4. The highest BCUT2D eigenvalue weighted by Gasteiger charge is 2.38. The molecule has 0 aliphatic carbocycles. The molecule has 2 rings (SSSR count). The predicted molar refractivity (Wildman–Crippen MR) is 72.2 cm³/mol. The average molecular weight is 340 g/mol. The van der Waals surface area contributed by atoms with Crippen molar-refractivity contribution in [1.29, 1.82) is 0 Å². The highest BCUT2D eigenvalue weighted by molar-refractivity contribution is 7.89. The Morgan fingerprint density at radius 2 is 2.05 bits per heavy atom. The van der Waals surface area contributed by atoms with Crippen molar-refractivity contribution >= 4 is 10.0 Å². The van der Waals surface area contributed by atoms with E-state index in [0.29, 0.717) is 37.6 Å². The number of alkyl halides is 3. The standard InChI is InChI=1S/C13H16F4N2O2S/c1-18-8-10-3-2-6-19(10)22(20,21)12-7-9(13(15,16)17)4-5-11(12)14/h4-5,7,10,18H,2-3,6,8H2,1H3/t10-/m0/s1. The number of sulfonamides is 1. The fourth-order valence-electron chi connectivity index (χ4n) is 2.57. The van der Waals surface area contributed by atoms with Crippen LogP contribution in [0.25, 0.3) is 0 Å². The summed E-state index contributed by atoms with van der Waals surface area (Å²) in [7, 11) is -2.66. The number of nitrogens with one attached hydrogen (secondary N) is 1. The Balaban J connectivity index is 2.45. The molecule has 0 saturated carbocycles. The summed E-state index contributed by atoms with van der Waals surface area (Å²) in [6.07, 6.45) is -3.56. The highest BCUT2D eigenvalue weighted by Crippen LogP contribution is 2.33. The Labute approximate surface area is 126 Å². The molecule has 0 radical (unpaired) electrons. The first-order valence-corrected chi connectivity index (χ1v) is 8.15. The number of hydrogen-bond acceptors (Lipinski definition) is 3. The van der Waals surface area contributed by atoms with Gasteiger partial charge in [0.1, 0.15) is 10.7 Å². The second-order valence-electron chi connectivity index (χ2n) is 5.11. The molecule has 1 atom stereocenters. The van der Waals surface area contributed by atoms with Crippen LogP contribution in [0.3, 0.4) is 0 Å². The van der Waals surface area contributed by atoms with Crippen molar-refractivity contribution < 1.29 is 26.0 Å². The molecule has 0 bridgehead atoms. The van der Waals surface area contributed by atoms with Gasteiger partial charge in [-0.15, -0.1) is 0 Å². The number of benzene rings is 1. The van der Waals surface area contributed by atoms with E-state index in [1.165, 1.54) is 0 Å². The average Bonchev–Trinajstić information content (AvgIpc) is 2.87. The minimum Gasteiger partial charge on any atom is -0.318 e. The van der Waals surface area contributed by atoms with Crippen LogP contribution in [-0.2, 0) is 16.2 Å². The van der Waals surface area contributed by atoms with Gasteiger partial charge in [-0.25, -0.2) is 12.8 Å². The topological polar surface area (TPSA) is 49.4 Å². The monoisotopic (exact) mass is 340 g/mol. The van der Waals surface area contributed by atoms with Gasteiger partial charge < -0.3 is 5.32 Å². The van der Waals surface area contributed by atoms with Crippen LogP contribution in [0, 0.1) is 5.82 Å². The summed E-state index contributed by atoms with van der Waals surface area (Å²) in [5, 5.41) is 2.83. The van der Waals surface area contributed by atoms with Gasteiger partial charge in [0.2, 0.25) is 10.0 Å². The van der Waals surface area contributed by atoms with Crippen molar-refractivity contribution in [3.63, 3.8) is 0 Å². The minimum absolute atomic E-state index is 0.171. The van der Waals surface area contributed by atoms with Gasteiger partial charge >= 0.3 is 6.18 Å². The van der Waals surface area contributed by atoms with E-state index in [1.807, 2.05) is 0 Å². The number of halogens is 4. The fourth-order valence-corrected chi connectivity index (χ4v) is 4.35. The zero-order valence-electron chi connectivity index (χ0n) is 11.8. The van der Waals surface area contributed by atoms with Gasteiger partial charge in [0.25, 0.3) is 0 Å². The third-order valence-electron chi connectivity index (χ3n) is 3.61. The van der Waals surface area contributed by atoms with Gasteiger partial charge in [-0.05, 0) is 38.1 Å². The summed E-state index contributed by atoms with van der Waals surface area (Å²) in [6.45, 7) is 0.532. The van der Waals surface area contributed by atoms with E-state index < -0.39 is 32.5 Å². The SMILES string of the molecule is CNC[C@@H]1CCCN1S(=O)(=O)c1cc(C(F)(F)F)ccc1F. The quantitative estimate of drug-likeness (QED) is 0.855. The van der Waals surface area contributed by atoms with Crippen LogP contribution in [0.15, 0.2) is 23.1 Å². The molecule has 1 fully saturated rings. The van der Waals surface area contributed by atoms with E-state index in [9.17, 15) is 26.0 Å². The normalized spacial score (nSPS) is 20.5. The lowest BCUT2D eigenvalue weighted by Gasteiger charge is -2.24. The lowest BCUT2D eigenvalue weighted by atomic mass is 10.2. The van der Waals surface area contributed by atoms with Gasteiger partial charge in [-0.3, -0.25) is 0 Å². The second-order valence-corrected chi connectivity index (χ2v) is 6.97. The molecular formula is C13H16F4N2O2S. The zero-order chi connectivity index (χ0) is 16.5. The van der Waals surface area contributed by atoms with Crippen LogP contribution in [-0.4, -0.2) is 38.9 Å². The van der Waals surface area contributed by atoms with Crippen LogP contribution in [0.5, 0.6) is 0 Å². The Kier molecular flexibility index (Phi) is 4.78. The number of nitrogens with zero attached hydrogens (tertiary/aromatic N) is 1. The summed E-state index contributed by atoms with van der Waals surface area (Å²) in [5.41, 5.74) is -1.18. The molecule has 1 aliphatic heterocycles. The van der Waals surface area contributed by atoms with Gasteiger partial charge in [0.15, 0.2) is 0 Å². The maximum absolute atomic E-state index is 13.8. The molecule has 1 N–H and O–H groups in total. The predicted octanol–water partition coefficient (Wildman–Crippen LogP) is 2.22. The number of likely N-dealkylation sites (N-methyl/N-ethyl adjacent to an activating group) is 1. The Morgan fingerprint density at radius 1 is 1.36 bits per heavy atom. The summed E-state index contributed by atoms with van der Waals surface area (Å²) in [4.78, 5) is -0.926. The molecule has 124 valence electrons. The van der Waals surface area contributed by atoms with E-state index >= 15 is 0 Å². The molecule has 4 nitrogen and oxygen atoms in total. The van der Waals surface area contributed by atoms with Crippen molar-refractivity contribution in [2.75, 3.05) is 20.1 Å². The first kappa shape index (κ1) is 17.2. The van der Waals surface area contributed by atoms with E-state index in [2.05, 4.69) is 5.32 Å². The van der Waals surface area contributed by atoms with Crippen molar-refractivity contribution in [3.8, 4) is 0 Å². The molecular weight excluding hydrogens is 324 g/mol. The van der Waals surface area contributed by atoms with Crippen LogP contribution in [0.2, 0.25) is 0 Å². The lowest BCUT2D eigenvalue weighted by Crippen LogP contribution is -2.41. The molecule has 9 heteroatoms. The Morgan fingerprint density at radius 3 is 2.64 bits per heavy atom. The van der Waals surface area contributed by atoms with Crippen molar-refractivity contribution in [3.05, 3.63) is 29.6 Å². The maximum Gasteiger partial charge on any atom is 0.416 e. The summed E-state index contributed by atoms with van der Waals surface area (Å²) in [5.74, 6) is -1.18. The van der Waals surface area contributed by atoms with E-state index in [0.717, 1.165) is 4.31 Å². The maximum atomic E-state index is 13.8. The summed E-state index contributed by atoms with van der Waals surface area (Å²) < 4.78 is 78.1. The summed E-state index contributed by atoms with van der Waals surface area (Å²) in [6, 6.07) is 1.05. The molecule has 0 amide bonds. The second kappa shape index (κ2) is 6.13. The van der Waals surface area contributed by atoms with Crippen molar-refractivity contribution in [1.82, 2.24) is 9.62 Å². The van der Waals surface area contributed by atoms with Crippen LogP contribution >= 0.6 is 0 Å². The Hall–Kier alpha value is -1.19. The van der Waals surface area contributed by atoms with E-state index in [4.69, 9.17) is 0 Å². The third-order valence-corrected chi connectivity index (χ3v) is 5.57. The first-order chi connectivity index (χ1) is 10.2. The van der Waals surface area contributed by atoms with Gasteiger partial charge in [-0.1, -0.05) is 0 Å². The van der Waals surface area contributed by atoms with Crippen LogP contribution in [0.4, 0.5) is 17.6 Å². The fraction of sp³-hybridized carbons (Fsp3) is 0.538. The van der Waals surface area contributed by atoms with Gasteiger partial charge in [-0.2, -0.15) is 17.5 Å². The third kappa shape index (κ3) is 3.26. The van der Waals surface area contributed by atoms with Gasteiger partial charge in [0, 0.05) is 19.1 Å². The lowest BCUT2D eigenvalue weighted by molar-refractivity contribution is -0.137. The van der Waals surface area contributed by atoms with E-state index in [1.54, 1.807) is 7.05 Å².